The third-order valence-corrected chi connectivity index (χ3v) is 7.25. The third-order valence-electron chi connectivity index (χ3n) is 7.25. The molecule has 41 heavy (non-hydrogen) atoms. The van der Waals surface area contributed by atoms with Crippen molar-refractivity contribution in [3.8, 4) is 0 Å². The summed E-state index contributed by atoms with van der Waals surface area (Å²) >= 11 is 0. The summed E-state index contributed by atoms with van der Waals surface area (Å²) in [4.78, 5) is 52.5. The topological polar surface area (TPSA) is 137 Å². The number of nitrogens with one attached hydrogen (secondary N) is 1. The molecule has 1 saturated carbocycles. The van der Waals surface area contributed by atoms with Gasteiger partial charge in [-0.1, -0.05) is 69.0 Å². The Kier molecular flexibility index (Phi) is 17.3. The number of hydrogen-bond donors (Lipinski definition) is 1. The van der Waals surface area contributed by atoms with Crippen LogP contribution in [-0.4, -0.2) is 72.3 Å². The van der Waals surface area contributed by atoms with E-state index in [0.29, 0.717) is 32.0 Å². The minimum atomic E-state index is -0.875. The molecule has 1 saturated heterocycles. The van der Waals surface area contributed by atoms with Crippen molar-refractivity contribution in [1.29, 1.82) is 0 Å². The maximum Gasteiger partial charge on any atom is 0.328 e. The van der Waals surface area contributed by atoms with Gasteiger partial charge in [-0.15, -0.1) is 10.1 Å². The Labute approximate surface area is 244 Å². The molecule has 0 aromatic heterocycles. The normalized spacial score (nSPS) is 20.5. The van der Waals surface area contributed by atoms with E-state index in [1.54, 1.807) is 18.7 Å². The molecule has 232 valence electrons. The van der Waals surface area contributed by atoms with Gasteiger partial charge in [-0.2, -0.15) is 0 Å². The Bertz CT molecular complexity index is 930. The molecule has 1 aromatic rings. The lowest BCUT2D eigenvalue weighted by Gasteiger charge is -2.35. The Hall–Kier alpha value is -3.21. The minimum absolute atomic E-state index is 0.0897. The van der Waals surface area contributed by atoms with Gasteiger partial charge >= 0.3 is 11.9 Å². The lowest BCUT2D eigenvalue weighted by molar-refractivity contribution is -0.749. The molecule has 1 aliphatic carbocycles. The lowest BCUT2D eigenvalue weighted by Crippen LogP contribution is -2.55. The summed E-state index contributed by atoms with van der Waals surface area (Å²) < 4.78 is 10.6. The highest BCUT2D eigenvalue weighted by Gasteiger charge is 2.49. The zero-order valence-electron chi connectivity index (χ0n) is 25.5. The van der Waals surface area contributed by atoms with E-state index < -0.39 is 23.2 Å². The Morgan fingerprint density at radius 2 is 1.73 bits per heavy atom. The van der Waals surface area contributed by atoms with Crippen LogP contribution >= 0.6 is 0 Å². The number of ether oxygens (including phenoxy) is 2. The summed E-state index contributed by atoms with van der Waals surface area (Å²) in [7, 11) is 1.00. The predicted octanol–water partition coefficient (Wildman–Crippen LogP) is 4.63. The summed E-state index contributed by atoms with van der Waals surface area (Å²) in [6.07, 6.45) is 7.20. The SMILES string of the molecule is CCCCOC(=O)C1CC2CCCCC2N1C(=O)C(C)NC(CC)C(=O)OCC.CO[N+](=O)[O-].Cc1ccccc1. The number of fused-ring (bicyclic) bond motifs is 1. The predicted molar refractivity (Wildman–Crippen MR) is 155 cm³/mol. The summed E-state index contributed by atoms with van der Waals surface area (Å²) in [5.74, 6) is -0.400. The van der Waals surface area contributed by atoms with Crippen molar-refractivity contribution in [1.82, 2.24) is 10.2 Å². The molecule has 5 unspecified atom stereocenters. The first-order chi connectivity index (χ1) is 19.6. The molecule has 11 heteroatoms. The number of esters is 2. The van der Waals surface area contributed by atoms with E-state index in [-0.39, 0.29) is 23.9 Å². The van der Waals surface area contributed by atoms with Crippen molar-refractivity contribution in [2.75, 3.05) is 20.3 Å². The molecule has 1 N–H and O–H groups in total. The molecular weight excluding hydrogens is 530 g/mol. The van der Waals surface area contributed by atoms with Crippen molar-refractivity contribution < 1.29 is 33.8 Å². The zero-order valence-corrected chi connectivity index (χ0v) is 25.5. The van der Waals surface area contributed by atoms with Crippen LogP contribution in [0.3, 0.4) is 0 Å². The number of rotatable bonds is 11. The first-order valence-electron chi connectivity index (χ1n) is 14.7. The Balaban J connectivity index is 0.000000577. The summed E-state index contributed by atoms with van der Waals surface area (Å²) in [5.41, 5.74) is 1.32. The molecule has 1 aromatic carbocycles. The highest BCUT2D eigenvalue weighted by molar-refractivity contribution is 5.89. The van der Waals surface area contributed by atoms with Gasteiger partial charge in [-0.3, -0.25) is 14.9 Å². The van der Waals surface area contributed by atoms with E-state index in [9.17, 15) is 14.4 Å². The molecule has 2 fully saturated rings. The molecule has 5 atom stereocenters. The molecule has 2 aliphatic rings. The number of likely N-dealkylation sites (tertiary alicyclic amines) is 1. The fourth-order valence-electron chi connectivity index (χ4n) is 5.13. The molecule has 0 spiro atoms. The van der Waals surface area contributed by atoms with Gasteiger partial charge in [0, 0.05) is 6.04 Å². The van der Waals surface area contributed by atoms with Crippen molar-refractivity contribution in [2.45, 2.75) is 110 Å². The monoisotopic (exact) mass is 579 g/mol. The van der Waals surface area contributed by atoms with Crippen LogP contribution in [0, 0.1) is 23.0 Å². The fraction of sp³-hybridized carbons (Fsp3) is 0.700. The maximum atomic E-state index is 13.4. The summed E-state index contributed by atoms with van der Waals surface area (Å²) in [6, 6.07) is 8.73. The average molecular weight is 580 g/mol. The average Bonchev–Trinajstić information content (AvgIpc) is 3.36. The van der Waals surface area contributed by atoms with E-state index >= 15 is 0 Å². The van der Waals surface area contributed by atoms with Gasteiger partial charge in [-0.05, 0) is 58.8 Å². The van der Waals surface area contributed by atoms with Crippen LogP contribution in [0.25, 0.3) is 0 Å². The molecule has 1 amide bonds. The second-order valence-electron chi connectivity index (χ2n) is 10.3. The molecule has 0 bridgehead atoms. The van der Waals surface area contributed by atoms with Crippen LogP contribution in [0.5, 0.6) is 0 Å². The summed E-state index contributed by atoms with van der Waals surface area (Å²) in [6.45, 7) is 10.3. The van der Waals surface area contributed by atoms with E-state index in [1.165, 1.54) is 5.56 Å². The number of hydrogen-bond acceptors (Lipinski definition) is 9. The quantitative estimate of drug-likeness (QED) is 0.172. The van der Waals surface area contributed by atoms with E-state index in [1.807, 2.05) is 25.1 Å². The van der Waals surface area contributed by atoms with Gasteiger partial charge in [0.05, 0.1) is 26.4 Å². The van der Waals surface area contributed by atoms with Crippen molar-refractivity contribution in [3.63, 3.8) is 0 Å². The van der Waals surface area contributed by atoms with Gasteiger partial charge < -0.3 is 19.2 Å². The molecule has 1 heterocycles. The maximum absolute atomic E-state index is 13.4. The Morgan fingerprint density at radius 3 is 2.24 bits per heavy atom. The highest BCUT2D eigenvalue weighted by atomic mass is 16.9. The summed E-state index contributed by atoms with van der Waals surface area (Å²) in [5, 5.41) is 11.2. The van der Waals surface area contributed by atoms with Gasteiger partial charge in [0.2, 0.25) is 5.91 Å². The standard InChI is InChI=1S/C22H38N2O5.C7H8.CH3NO3/c1-5-8-13-29-22(27)19-14-16-11-9-10-12-18(16)24(19)20(25)15(4)23-17(6-2)21(26)28-7-3;1-7-5-3-2-4-6-7;1-5-2(3)4/h15-19,23H,5-14H2,1-4H3;2-6H,1H3;1H3. The van der Waals surface area contributed by atoms with Crippen LogP contribution < -0.4 is 5.32 Å². The van der Waals surface area contributed by atoms with Crippen LogP contribution in [0.2, 0.25) is 0 Å². The fourth-order valence-corrected chi connectivity index (χ4v) is 5.13. The van der Waals surface area contributed by atoms with E-state index in [4.69, 9.17) is 19.6 Å². The van der Waals surface area contributed by atoms with Gasteiger partial charge in [0.1, 0.15) is 12.1 Å². The third kappa shape index (κ3) is 12.5. The van der Waals surface area contributed by atoms with Crippen molar-refractivity contribution >= 4 is 17.8 Å². The van der Waals surface area contributed by atoms with Crippen LogP contribution in [0.1, 0.15) is 84.6 Å². The number of aryl methyl sites for hydroxylation is 1. The molecule has 1 aliphatic heterocycles. The van der Waals surface area contributed by atoms with E-state index in [0.717, 1.165) is 45.6 Å². The van der Waals surface area contributed by atoms with Crippen LogP contribution in [0.4, 0.5) is 0 Å². The lowest BCUT2D eigenvalue weighted by atomic mass is 9.84. The largest absolute Gasteiger partial charge is 0.465 e. The smallest absolute Gasteiger partial charge is 0.328 e. The molecular formula is C30H49N3O8. The minimum Gasteiger partial charge on any atom is -0.465 e. The highest BCUT2D eigenvalue weighted by Crippen LogP contribution is 2.40. The second-order valence-corrected chi connectivity index (χ2v) is 10.3. The molecule has 11 nitrogen and oxygen atoms in total. The van der Waals surface area contributed by atoms with Gasteiger partial charge in [0.15, 0.2) is 0 Å². The van der Waals surface area contributed by atoms with Gasteiger partial charge in [-0.25, -0.2) is 4.79 Å². The van der Waals surface area contributed by atoms with Crippen LogP contribution in [-0.2, 0) is 28.7 Å². The van der Waals surface area contributed by atoms with E-state index in [2.05, 4.69) is 36.1 Å². The van der Waals surface area contributed by atoms with Crippen molar-refractivity contribution in [2.24, 2.45) is 5.92 Å². The first-order valence-corrected chi connectivity index (χ1v) is 14.7. The number of benzene rings is 1. The Morgan fingerprint density at radius 1 is 1.10 bits per heavy atom. The number of unbranched alkanes of at least 4 members (excludes halogenated alkanes) is 1. The number of amides is 1. The second kappa shape index (κ2) is 19.8. The molecule has 0 radical (unpaired) electrons. The number of nitrogens with zero attached hydrogens (tertiary/aromatic N) is 2. The van der Waals surface area contributed by atoms with Crippen molar-refractivity contribution in [3.05, 3.63) is 46.0 Å². The van der Waals surface area contributed by atoms with Crippen LogP contribution in [0.15, 0.2) is 30.3 Å². The number of carbonyl (C=O) groups excluding carboxylic acids is 3. The zero-order chi connectivity index (χ0) is 30.8. The number of carbonyl (C=O) groups is 3. The molecule has 3 rings (SSSR count). The first kappa shape index (κ1) is 35.8. The van der Waals surface area contributed by atoms with Gasteiger partial charge in [0.25, 0.3) is 5.09 Å².